The number of benzene rings is 1. The van der Waals surface area contributed by atoms with Crippen LogP contribution in [0.15, 0.2) is 18.2 Å². The lowest BCUT2D eigenvalue weighted by Gasteiger charge is -2.21. The second-order valence-corrected chi connectivity index (χ2v) is 6.43. The number of carbonyl (C=O) groups is 3. The summed E-state index contributed by atoms with van der Waals surface area (Å²) in [4.78, 5) is 36.8. The molecule has 0 spiro atoms. The molecule has 1 aromatic rings. The van der Waals surface area contributed by atoms with Gasteiger partial charge in [0, 0.05) is 13.1 Å². The van der Waals surface area contributed by atoms with E-state index in [1.165, 1.54) is 4.90 Å². The molecule has 7 heteroatoms. The van der Waals surface area contributed by atoms with E-state index >= 15 is 0 Å². The fourth-order valence-electron chi connectivity index (χ4n) is 3.42. The minimum Gasteiger partial charge on any atom is -0.481 e. The number of piperidine rings is 1. The molecular weight excluding hydrogens is 310 g/mol. The highest BCUT2D eigenvalue weighted by molar-refractivity contribution is 6.34. The van der Waals surface area contributed by atoms with Gasteiger partial charge < -0.3 is 15.1 Å². The first-order valence-corrected chi connectivity index (χ1v) is 7.14. The third-order valence-corrected chi connectivity index (χ3v) is 5.35. The molecule has 2 fully saturated rings. The molecule has 1 saturated heterocycles. The van der Waals surface area contributed by atoms with Crippen molar-refractivity contribution < 1.29 is 24.6 Å². The molecule has 0 radical (unpaired) electrons. The van der Waals surface area contributed by atoms with Crippen LogP contribution < -0.4 is 0 Å². The predicted octanol–water partition coefficient (Wildman–Crippen LogP) is 1.65. The quantitative estimate of drug-likeness (QED) is 0.882. The molecule has 1 aliphatic heterocycles. The number of carbonyl (C=O) groups excluding carboxylic acids is 1. The Labute approximate surface area is 131 Å². The van der Waals surface area contributed by atoms with Crippen molar-refractivity contribution >= 4 is 29.4 Å². The van der Waals surface area contributed by atoms with Crippen LogP contribution >= 0.6 is 11.6 Å². The van der Waals surface area contributed by atoms with Crippen molar-refractivity contribution in [2.75, 3.05) is 13.1 Å². The molecular formula is C15H14ClNO5. The number of rotatable bonds is 3. The van der Waals surface area contributed by atoms with E-state index in [0.717, 1.165) is 5.56 Å². The molecule has 1 aliphatic carbocycles. The van der Waals surface area contributed by atoms with Gasteiger partial charge in [0.05, 0.1) is 10.6 Å². The highest BCUT2D eigenvalue weighted by Gasteiger charge is 2.81. The minimum absolute atomic E-state index is 0.0655. The van der Waals surface area contributed by atoms with Crippen LogP contribution in [0.4, 0.5) is 0 Å². The van der Waals surface area contributed by atoms with Crippen LogP contribution in [-0.2, 0) is 9.59 Å². The second-order valence-electron chi connectivity index (χ2n) is 6.05. The van der Waals surface area contributed by atoms with Gasteiger partial charge in [-0.05, 0) is 25.0 Å². The largest absolute Gasteiger partial charge is 0.481 e. The van der Waals surface area contributed by atoms with Crippen molar-refractivity contribution in [2.45, 2.75) is 13.3 Å². The molecule has 6 nitrogen and oxygen atoms in total. The highest BCUT2D eigenvalue weighted by atomic mass is 35.5. The van der Waals surface area contributed by atoms with Gasteiger partial charge in [0.1, 0.15) is 10.8 Å². The predicted molar refractivity (Wildman–Crippen MR) is 76.8 cm³/mol. The van der Waals surface area contributed by atoms with Crippen LogP contribution in [0.3, 0.4) is 0 Å². The topological polar surface area (TPSA) is 94.9 Å². The van der Waals surface area contributed by atoms with Crippen LogP contribution in [0.2, 0.25) is 5.02 Å². The van der Waals surface area contributed by atoms with Crippen molar-refractivity contribution in [1.29, 1.82) is 0 Å². The maximum atomic E-state index is 12.6. The fraction of sp³-hybridized carbons (Fsp3) is 0.400. The number of hydrogen-bond donors (Lipinski definition) is 2. The number of halogens is 1. The number of amides is 1. The number of likely N-dealkylation sites (tertiary alicyclic amines) is 1. The summed E-state index contributed by atoms with van der Waals surface area (Å²) in [6, 6.07) is 5.01. The second kappa shape index (κ2) is 4.46. The van der Waals surface area contributed by atoms with Gasteiger partial charge in [-0.2, -0.15) is 0 Å². The van der Waals surface area contributed by atoms with E-state index in [9.17, 15) is 24.6 Å². The van der Waals surface area contributed by atoms with Crippen LogP contribution in [0, 0.1) is 17.8 Å². The molecule has 2 atom stereocenters. The van der Waals surface area contributed by atoms with E-state index in [1.807, 2.05) is 0 Å². The third kappa shape index (κ3) is 1.70. The normalized spacial score (nSPS) is 29.1. The lowest BCUT2D eigenvalue weighted by molar-refractivity contribution is -0.151. The molecule has 22 heavy (non-hydrogen) atoms. The first-order valence-electron chi connectivity index (χ1n) is 6.76. The summed E-state index contributed by atoms with van der Waals surface area (Å²) in [5.74, 6) is -2.76. The SMILES string of the molecule is Cc1cccc(C(=O)N2C[C@@]3(C(=O)O)C[C@@]3(C(=O)O)C2)c1Cl. The van der Waals surface area contributed by atoms with Crippen molar-refractivity contribution in [3.05, 3.63) is 34.3 Å². The van der Waals surface area contributed by atoms with E-state index in [2.05, 4.69) is 0 Å². The number of carboxylic acid groups (broad SMARTS) is 2. The minimum atomic E-state index is -1.37. The molecule has 116 valence electrons. The van der Waals surface area contributed by atoms with E-state index in [-0.39, 0.29) is 25.1 Å². The maximum absolute atomic E-state index is 12.6. The van der Waals surface area contributed by atoms with Gasteiger partial charge in [-0.15, -0.1) is 0 Å². The Morgan fingerprint density at radius 3 is 2.18 bits per heavy atom. The zero-order valence-corrected chi connectivity index (χ0v) is 12.6. The lowest BCUT2D eigenvalue weighted by Crippen LogP contribution is -2.34. The molecule has 2 N–H and O–H groups in total. The van der Waals surface area contributed by atoms with Crippen LogP contribution in [0.25, 0.3) is 0 Å². The molecule has 0 unspecified atom stereocenters. The summed E-state index contributed by atoms with van der Waals surface area (Å²) in [5.41, 5.74) is -1.74. The summed E-state index contributed by atoms with van der Waals surface area (Å²) in [5, 5.41) is 19.0. The smallest absolute Gasteiger partial charge is 0.312 e. The Hall–Kier alpha value is -2.08. The molecule has 0 bridgehead atoms. The van der Waals surface area contributed by atoms with Crippen molar-refractivity contribution in [3.8, 4) is 0 Å². The number of carboxylic acids is 2. The average Bonchev–Trinajstić information content (AvgIpc) is 3.00. The van der Waals surface area contributed by atoms with Crippen LogP contribution in [0.5, 0.6) is 0 Å². The monoisotopic (exact) mass is 323 g/mol. The van der Waals surface area contributed by atoms with Gasteiger partial charge in [-0.3, -0.25) is 14.4 Å². The Morgan fingerprint density at radius 1 is 1.14 bits per heavy atom. The Kier molecular flexibility index (Phi) is 3.01. The van der Waals surface area contributed by atoms with E-state index < -0.39 is 28.7 Å². The fourth-order valence-corrected chi connectivity index (χ4v) is 3.62. The van der Waals surface area contributed by atoms with E-state index in [1.54, 1.807) is 25.1 Å². The van der Waals surface area contributed by atoms with E-state index in [4.69, 9.17) is 11.6 Å². The van der Waals surface area contributed by atoms with Crippen molar-refractivity contribution in [3.63, 3.8) is 0 Å². The molecule has 1 saturated carbocycles. The van der Waals surface area contributed by atoms with Gasteiger partial charge >= 0.3 is 11.9 Å². The van der Waals surface area contributed by atoms with E-state index in [0.29, 0.717) is 5.02 Å². The number of aliphatic carboxylic acids is 2. The molecule has 2 aliphatic rings. The summed E-state index contributed by atoms with van der Waals surface area (Å²) in [6.45, 7) is 1.56. The Bertz CT molecular complexity index is 690. The van der Waals surface area contributed by atoms with Crippen LogP contribution in [-0.4, -0.2) is 46.0 Å². The third-order valence-electron chi connectivity index (χ3n) is 4.84. The highest BCUT2D eigenvalue weighted by Crippen LogP contribution is 2.68. The van der Waals surface area contributed by atoms with Gasteiger partial charge in [0.25, 0.3) is 5.91 Å². The van der Waals surface area contributed by atoms with Gasteiger partial charge in [0.2, 0.25) is 0 Å². The first-order chi connectivity index (χ1) is 10.2. The summed E-state index contributed by atoms with van der Waals surface area (Å²) >= 11 is 6.13. The Balaban J connectivity index is 1.93. The summed E-state index contributed by atoms with van der Waals surface area (Å²) < 4.78 is 0. The Morgan fingerprint density at radius 2 is 1.68 bits per heavy atom. The molecule has 1 aromatic carbocycles. The van der Waals surface area contributed by atoms with Crippen LogP contribution in [0.1, 0.15) is 22.3 Å². The molecule has 0 aromatic heterocycles. The molecule has 1 heterocycles. The van der Waals surface area contributed by atoms with Crippen molar-refractivity contribution in [1.82, 2.24) is 4.90 Å². The van der Waals surface area contributed by atoms with Crippen molar-refractivity contribution in [2.24, 2.45) is 10.8 Å². The standard InChI is InChI=1S/C15H14ClNO5/c1-8-3-2-4-9(10(8)16)11(18)17-6-14(12(19)20)5-15(14,7-17)13(21)22/h2-4H,5-7H2,1H3,(H,19,20)(H,21,22)/t14-,15+. The number of nitrogens with zero attached hydrogens (tertiary/aromatic N) is 1. The maximum Gasteiger partial charge on any atom is 0.312 e. The average molecular weight is 324 g/mol. The molecule has 3 rings (SSSR count). The summed E-state index contributed by atoms with van der Waals surface area (Å²) in [6.07, 6.45) is 0.0655. The lowest BCUT2D eigenvalue weighted by atomic mass is 9.97. The zero-order valence-electron chi connectivity index (χ0n) is 11.8. The number of hydrogen-bond acceptors (Lipinski definition) is 3. The number of fused-ring (bicyclic) bond motifs is 1. The summed E-state index contributed by atoms with van der Waals surface area (Å²) in [7, 11) is 0. The first kappa shape index (κ1) is 14.8. The van der Waals surface area contributed by atoms with Gasteiger partial charge in [-0.25, -0.2) is 0 Å². The number of aryl methyl sites for hydroxylation is 1. The zero-order chi connectivity index (χ0) is 16.3. The van der Waals surface area contributed by atoms with Gasteiger partial charge in [-0.1, -0.05) is 23.7 Å². The molecule has 1 amide bonds. The van der Waals surface area contributed by atoms with Gasteiger partial charge in [0.15, 0.2) is 0 Å².